The first-order chi connectivity index (χ1) is 6.45. The molecule has 0 unspecified atom stereocenters. The largest absolute Gasteiger partial charge is 0.469 e. The van der Waals surface area contributed by atoms with Crippen molar-refractivity contribution in [3.05, 3.63) is 0 Å². The fraction of sp³-hybridized carbons (Fsp3) is 0.857. The van der Waals surface area contributed by atoms with E-state index in [-0.39, 0.29) is 13.0 Å². The molecule has 0 aromatic heterocycles. The van der Waals surface area contributed by atoms with Crippen molar-refractivity contribution in [2.24, 2.45) is 0 Å². The van der Waals surface area contributed by atoms with E-state index < -0.39 is 18.8 Å². The Labute approximate surface area is 79.3 Å². The van der Waals surface area contributed by atoms with Crippen molar-refractivity contribution in [1.29, 1.82) is 0 Å². The molecule has 0 rings (SSSR count). The summed E-state index contributed by atoms with van der Waals surface area (Å²) in [7, 11) is 1.25. The van der Waals surface area contributed by atoms with Gasteiger partial charge in [-0.25, -0.2) is 5.48 Å². The minimum Gasteiger partial charge on any atom is -0.469 e. The van der Waals surface area contributed by atoms with Crippen LogP contribution in [0.15, 0.2) is 0 Å². The molecule has 0 atom stereocenters. The van der Waals surface area contributed by atoms with Crippen molar-refractivity contribution < 1.29 is 27.5 Å². The van der Waals surface area contributed by atoms with E-state index in [1.54, 1.807) is 0 Å². The van der Waals surface area contributed by atoms with Crippen LogP contribution in [-0.4, -0.2) is 32.4 Å². The molecule has 0 saturated carbocycles. The van der Waals surface area contributed by atoms with Crippen LogP contribution in [0.4, 0.5) is 13.2 Å². The normalized spacial score (nSPS) is 11.4. The molecule has 0 aliphatic carbocycles. The smallest absolute Gasteiger partial charge is 0.413 e. The molecule has 84 valence electrons. The highest BCUT2D eigenvalue weighted by atomic mass is 19.4. The first-order valence-corrected chi connectivity index (χ1v) is 3.94. The Morgan fingerprint density at radius 3 is 2.57 bits per heavy atom. The Bertz CT molecular complexity index is 172. The molecule has 0 amide bonds. The first kappa shape index (κ1) is 13.2. The molecule has 0 spiro atoms. The van der Waals surface area contributed by atoms with Crippen LogP contribution >= 0.6 is 0 Å². The molecule has 7 heteroatoms. The van der Waals surface area contributed by atoms with Crippen LogP contribution in [0.1, 0.15) is 12.8 Å². The van der Waals surface area contributed by atoms with Gasteiger partial charge in [0.25, 0.3) is 0 Å². The number of nitrogens with one attached hydrogen (secondary N) is 1. The van der Waals surface area contributed by atoms with E-state index in [0.717, 1.165) is 0 Å². The molecule has 14 heavy (non-hydrogen) atoms. The SMILES string of the molecule is COC(=O)CCCNOCC(F)(F)F. The second-order valence-corrected chi connectivity index (χ2v) is 2.48. The van der Waals surface area contributed by atoms with Gasteiger partial charge in [0.2, 0.25) is 0 Å². The van der Waals surface area contributed by atoms with Crippen LogP contribution < -0.4 is 5.48 Å². The number of esters is 1. The molecule has 0 radical (unpaired) electrons. The van der Waals surface area contributed by atoms with Gasteiger partial charge in [0.15, 0.2) is 6.61 Å². The Balaban J connectivity index is 3.18. The van der Waals surface area contributed by atoms with Gasteiger partial charge >= 0.3 is 12.1 Å². The molecule has 4 nitrogen and oxygen atoms in total. The van der Waals surface area contributed by atoms with Gasteiger partial charge in [-0.3, -0.25) is 9.63 Å². The lowest BCUT2D eigenvalue weighted by Crippen LogP contribution is -2.25. The fourth-order valence-electron chi connectivity index (χ4n) is 0.612. The van der Waals surface area contributed by atoms with Crippen molar-refractivity contribution in [2.45, 2.75) is 19.0 Å². The summed E-state index contributed by atoms with van der Waals surface area (Å²) < 4.78 is 38.8. The van der Waals surface area contributed by atoms with E-state index in [1.165, 1.54) is 7.11 Å². The fourth-order valence-corrected chi connectivity index (χ4v) is 0.612. The van der Waals surface area contributed by atoms with Gasteiger partial charge < -0.3 is 4.74 Å². The Morgan fingerprint density at radius 1 is 1.43 bits per heavy atom. The lowest BCUT2D eigenvalue weighted by molar-refractivity contribution is -0.189. The number of hydroxylamine groups is 1. The van der Waals surface area contributed by atoms with Crippen LogP contribution in [0.3, 0.4) is 0 Å². The van der Waals surface area contributed by atoms with Gasteiger partial charge in [-0.15, -0.1) is 0 Å². The summed E-state index contributed by atoms with van der Waals surface area (Å²) in [4.78, 5) is 14.6. The number of alkyl halides is 3. The van der Waals surface area contributed by atoms with E-state index in [2.05, 4.69) is 15.1 Å². The summed E-state index contributed by atoms with van der Waals surface area (Å²) >= 11 is 0. The van der Waals surface area contributed by atoms with Crippen LogP contribution in [0, 0.1) is 0 Å². The molecule has 0 bridgehead atoms. The summed E-state index contributed by atoms with van der Waals surface area (Å²) in [5.74, 6) is -0.400. The van der Waals surface area contributed by atoms with Crippen molar-refractivity contribution in [3.63, 3.8) is 0 Å². The van der Waals surface area contributed by atoms with Crippen LogP contribution in [-0.2, 0) is 14.4 Å². The molecule has 0 fully saturated rings. The Hall–Kier alpha value is -0.820. The maximum Gasteiger partial charge on any atom is 0.413 e. The summed E-state index contributed by atoms with van der Waals surface area (Å²) in [6.07, 6.45) is -3.82. The highest BCUT2D eigenvalue weighted by Crippen LogP contribution is 2.13. The number of ether oxygens (including phenoxy) is 1. The lowest BCUT2D eigenvalue weighted by atomic mass is 10.3. The lowest BCUT2D eigenvalue weighted by Gasteiger charge is -2.07. The van der Waals surface area contributed by atoms with E-state index >= 15 is 0 Å². The van der Waals surface area contributed by atoms with Gasteiger partial charge in [0, 0.05) is 13.0 Å². The summed E-state index contributed by atoms with van der Waals surface area (Å²) in [5.41, 5.74) is 2.09. The van der Waals surface area contributed by atoms with Gasteiger partial charge in [-0.05, 0) is 6.42 Å². The van der Waals surface area contributed by atoms with Gasteiger partial charge in [0.1, 0.15) is 0 Å². The van der Waals surface area contributed by atoms with Crippen LogP contribution in [0.5, 0.6) is 0 Å². The predicted octanol–water partition coefficient (Wildman–Crippen LogP) is 1.02. The molecule has 1 N–H and O–H groups in total. The Morgan fingerprint density at radius 2 is 2.07 bits per heavy atom. The molecule has 0 saturated heterocycles. The second kappa shape index (κ2) is 6.61. The number of methoxy groups -OCH3 is 1. The van der Waals surface area contributed by atoms with Gasteiger partial charge in [-0.1, -0.05) is 0 Å². The molecule has 0 aliphatic heterocycles. The monoisotopic (exact) mass is 215 g/mol. The highest BCUT2D eigenvalue weighted by molar-refractivity contribution is 5.68. The minimum absolute atomic E-state index is 0.152. The number of halogens is 3. The third-order valence-electron chi connectivity index (χ3n) is 1.23. The molecule has 0 aromatic carbocycles. The van der Waals surface area contributed by atoms with Crippen LogP contribution in [0.25, 0.3) is 0 Å². The van der Waals surface area contributed by atoms with E-state index in [1.807, 2.05) is 0 Å². The second-order valence-electron chi connectivity index (χ2n) is 2.48. The molecule has 0 aromatic rings. The third kappa shape index (κ3) is 9.27. The van der Waals surface area contributed by atoms with E-state index in [4.69, 9.17) is 0 Å². The standard InChI is InChI=1S/C7H12F3NO3/c1-13-6(12)3-2-4-11-14-5-7(8,9)10/h11H,2-5H2,1H3. The third-order valence-corrected chi connectivity index (χ3v) is 1.23. The maximum absolute atomic E-state index is 11.5. The van der Waals surface area contributed by atoms with Crippen molar-refractivity contribution in [2.75, 3.05) is 20.3 Å². The van der Waals surface area contributed by atoms with Gasteiger partial charge in [0.05, 0.1) is 7.11 Å². The summed E-state index contributed by atoms with van der Waals surface area (Å²) in [6.45, 7) is -1.17. The van der Waals surface area contributed by atoms with Crippen molar-refractivity contribution >= 4 is 5.97 Å². The molecule has 0 aliphatic rings. The number of carbonyl (C=O) groups excluding carboxylic acids is 1. The van der Waals surface area contributed by atoms with E-state index in [9.17, 15) is 18.0 Å². The van der Waals surface area contributed by atoms with Crippen LogP contribution in [0.2, 0.25) is 0 Å². The number of carbonyl (C=O) groups is 1. The number of hydrogen-bond donors (Lipinski definition) is 1. The van der Waals surface area contributed by atoms with Gasteiger partial charge in [-0.2, -0.15) is 13.2 Å². The summed E-state index contributed by atoms with van der Waals surface area (Å²) in [5, 5.41) is 0. The van der Waals surface area contributed by atoms with Crippen molar-refractivity contribution in [3.8, 4) is 0 Å². The number of hydrogen-bond acceptors (Lipinski definition) is 4. The van der Waals surface area contributed by atoms with Crippen molar-refractivity contribution in [1.82, 2.24) is 5.48 Å². The average Bonchev–Trinajstić information content (AvgIpc) is 2.08. The topological polar surface area (TPSA) is 47.6 Å². The highest BCUT2D eigenvalue weighted by Gasteiger charge is 2.27. The minimum atomic E-state index is -4.34. The first-order valence-electron chi connectivity index (χ1n) is 3.94. The predicted molar refractivity (Wildman–Crippen MR) is 41.3 cm³/mol. The Kier molecular flexibility index (Phi) is 6.22. The maximum atomic E-state index is 11.5. The molecular weight excluding hydrogens is 203 g/mol. The molecular formula is C7H12F3NO3. The zero-order chi connectivity index (χ0) is 11.0. The zero-order valence-corrected chi connectivity index (χ0v) is 7.69. The quantitative estimate of drug-likeness (QED) is 0.408. The average molecular weight is 215 g/mol. The zero-order valence-electron chi connectivity index (χ0n) is 7.69. The molecule has 0 heterocycles. The van der Waals surface area contributed by atoms with E-state index in [0.29, 0.717) is 6.42 Å². The number of rotatable bonds is 6. The summed E-state index contributed by atoms with van der Waals surface area (Å²) in [6, 6.07) is 0.